The molecule has 0 aliphatic heterocycles. The van der Waals surface area contributed by atoms with Crippen LogP contribution in [0.3, 0.4) is 0 Å². The van der Waals surface area contributed by atoms with Crippen LogP contribution in [0.1, 0.15) is 27.0 Å². The van der Waals surface area contributed by atoms with Gasteiger partial charge in [0.2, 0.25) is 0 Å². The van der Waals surface area contributed by atoms with Crippen molar-refractivity contribution in [2.45, 2.75) is 20.4 Å². The van der Waals surface area contributed by atoms with Gasteiger partial charge in [0.1, 0.15) is 0 Å². The van der Waals surface area contributed by atoms with Crippen LogP contribution in [-0.4, -0.2) is 13.0 Å². The van der Waals surface area contributed by atoms with Crippen molar-refractivity contribution in [3.05, 3.63) is 63.7 Å². The van der Waals surface area contributed by atoms with E-state index in [-0.39, 0.29) is 5.91 Å². The van der Waals surface area contributed by atoms with Gasteiger partial charge in [-0.2, -0.15) is 0 Å². The highest BCUT2D eigenvalue weighted by molar-refractivity contribution is 6.30. The van der Waals surface area contributed by atoms with Crippen molar-refractivity contribution in [3.8, 4) is 0 Å². The van der Waals surface area contributed by atoms with E-state index in [9.17, 15) is 4.79 Å². The third-order valence-corrected chi connectivity index (χ3v) is 3.81. The monoisotopic (exact) mass is 302 g/mol. The lowest BCUT2D eigenvalue weighted by Crippen LogP contribution is -2.19. The van der Waals surface area contributed by atoms with Crippen LogP contribution in [0, 0.1) is 13.8 Å². The molecule has 2 aromatic carbocycles. The Balaban J connectivity index is 2.18. The van der Waals surface area contributed by atoms with E-state index in [1.54, 1.807) is 7.05 Å². The maximum absolute atomic E-state index is 11.8. The van der Waals surface area contributed by atoms with Gasteiger partial charge in [-0.25, -0.2) is 0 Å². The number of carbonyl (C=O) groups excluding carboxylic acids is 1. The Hall–Kier alpha value is -2.00. The number of halogens is 1. The van der Waals surface area contributed by atoms with Crippen molar-refractivity contribution in [1.29, 1.82) is 0 Å². The van der Waals surface area contributed by atoms with E-state index >= 15 is 0 Å². The van der Waals surface area contributed by atoms with Crippen LogP contribution < -0.4 is 10.6 Å². The Morgan fingerprint density at radius 2 is 1.95 bits per heavy atom. The van der Waals surface area contributed by atoms with Gasteiger partial charge in [0.05, 0.1) is 0 Å². The molecule has 21 heavy (non-hydrogen) atoms. The average Bonchev–Trinajstić information content (AvgIpc) is 2.47. The molecule has 2 aromatic rings. The fraction of sp³-hybridized carbons (Fsp3) is 0.235. The second-order valence-corrected chi connectivity index (χ2v) is 5.42. The SMILES string of the molecule is CNC(=O)c1cccc(NCc2ccc(Cl)cc2C)c1C. The van der Waals surface area contributed by atoms with Crippen LogP contribution in [0.5, 0.6) is 0 Å². The van der Waals surface area contributed by atoms with E-state index in [2.05, 4.69) is 10.6 Å². The molecule has 0 radical (unpaired) electrons. The van der Waals surface area contributed by atoms with Crippen LogP contribution in [0.25, 0.3) is 0 Å². The summed E-state index contributed by atoms with van der Waals surface area (Å²) >= 11 is 5.97. The van der Waals surface area contributed by atoms with Crippen LogP contribution in [0.4, 0.5) is 5.69 Å². The van der Waals surface area contributed by atoms with E-state index < -0.39 is 0 Å². The van der Waals surface area contributed by atoms with Gasteiger partial charge in [0.15, 0.2) is 0 Å². The maximum atomic E-state index is 11.8. The lowest BCUT2D eigenvalue weighted by molar-refractivity contribution is 0.0962. The zero-order valence-corrected chi connectivity index (χ0v) is 13.2. The highest BCUT2D eigenvalue weighted by Crippen LogP contribution is 2.21. The van der Waals surface area contributed by atoms with Gasteiger partial charge in [-0.05, 0) is 54.8 Å². The van der Waals surface area contributed by atoms with Gasteiger partial charge in [-0.1, -0.05) is 23.7 Å². The molecule has 0 aliphatic rings. The lowest BCUT2D eigenvalue weighted by atomic mass is 10.0. The van der Waals surface area contributed by atoms with E-state index in [1.165, 1.54) is 5.56 Å². The molecular weight excluding hydrogens is 284 g/mol. The number of amides is 1. The average molecular weight is 303 g/mol. The zero-order valence-electron chi connectivity index (χ0n) is 12.5. The van der Waals surface area contributed by atoms with Crippen molar-refractivity contribution < 1.29 is 4.79 Å². The molecule has 2 rings (SSSR count). The van der Waals surface area contributed by atoms with Crippen molar-refractivity contribution in [2.24, 2.45) is 0 Å². The number of carbonyl (C=O) groups is 1. The molecule has 0 aromatic heterocycles. The van der Waals surface area contributed by atoms with Crippen molar-refractivity contribution in [3.63, 3.8) is 0 Å². The quantitative estimate of drug-likeness (QED) is 0.898. The molecule has 0 aliphatic carbocycles. The Morgan fingerprint density at radius 3 is 2.62 bits per heavy atom. The van der Waals surface area contributed by atoms with Gasteiger partial charge >= 0.3 is 0 Å². The van der Waals surface area contributed by atoms with Crippen LogP contribution in [0.2, 0.25) is 5.02 Å². The Morgan fingerprint density at radius 1 is 1.19 bits per heavy atom. The number of anilines is 1. The molecule has 3 nitrogen and oxygen atoms in total. The molecular formula is C17H19ClN2O. The van der Waals surface area contributed by atoms with Crippen LogP contribution in [-0.2, 0) is 6.54 Å². The molecule has 0 saturated heterocycles. The molecule has 0 atom stereocenters. The topological polar surface area (TPSA) is 41.1 Å². The van der Waals surface area contributed by atoms with Crippen LogP contribution in [0.15, 0.2) is 36.4 Å². The standard InChI is InChI=1S/C17H19ClN2O/c1-11-9-14(18)8-7-13(11)10-20-16-6-4-5-15(12(16)2)17(21)19-3/h4-9,20H,10H2,1-3H3,(H,19,21). The number of hydrogen-bond acceptors (Lipinski definition) is 2. The van der Waals surface area contributed by atoms with Crippen LogP contribution >= 0.6 is 11.6 Å². The van der Waals surface area contributed by atoms with Gasteiger partial charge in [0, 0.05) is 29.9 Å². The van der Waals surface area contributed by atoms with E-state index in [1.807, 2.05) is 50.2 Å². The third-order valence-electron chi connectivity index (χ3n) is 3.58. The second kappa shape index (κ2) is 6.64. The van der Waals surface area contributed by atoms with Gasteiger partial charge in [-0.15, -0.1) is 0 Å². The first-order valence-corrected chi connectivity index (χ1v) is 7.21. The van der Waals surface area contributed by atoms with Gasteiger partial charge in [-0.3, -0.25) is 4.79 Å². The predicted molar refractivity (Wildman–Crippen MR) is 88.1 cm³/mol. The first kappa shape index (κ1) is 15.4. The summed E-state index contributed by atoms with van der Waals surface area (Å²) in [6, 6.07) is 11.5. The minimum absolute atomic E-state index is 0.0705. The molecule has 0 saturated carbocycles. The number of hydrogen-bond donors (Lipinski definition) is 2. The Labute approximate surface area is 130 Å². The second-order valence-electron chi connectivity index (χ2n) is 4.98. The third kappa shape index (κ3) is 3.56. The summed E-state index contributed by atoms with van der Waals surface area (Å²) < 4.78 is 0. The zero-order chi connectivity index (χ0) is 15.4. The minimum atomic E-state index is -0.0705. The Kier molecular flexibility index (Phi) is 4.86. The highest BCUT2D eigenvalue weighted by atomic mass is 35.5. The van der Waals surface area contributed by atoms with E-state index in [4.69, 9.17) is 11.6 Å². The van der Waals surface area contributed by atoms with Gasteiger partial charge < -0.3 is 10.6 Å². The summed E-state index contributed by atoms with van der Waals surface area (Å²) in [5, 5.41) is 6.79. The number of benzene rings is 2. The first-order valence-electron chi connectivity index (χ1n) is 6.83. The summed E-state index contributed by atoms with van der Waals surface area (Å²) in [6.45, 7) is 4.68. The maximum Gasteiger partial charge on any atom is 0.251 e. The molecule has 2 N–H and O–H groups in total. The fourth-order valence-electron chi connectivity index (χ4n) is 2.26. The summed E-state index contributed by atoms with van der Waals surface area (Å²) in [4.78, 5) is 11.8. The first-order chi connectivity index (χ1) is 10.0. The molecule has 1 amide bonds. The lowest BCUT2D eigenvalue weighted by Gasteiger charge is -2.14. The molecule has 0 fully saturated rings. The number of nitrogens with one attached hydrogen (secondary N) is 2. The fourth-order valence-corrected chi connectivity index (χ4v) is 2.48. The van der Waals surface area contributed by atoms with Crippen molar-refractivity contribution >= 4 is 23.2 Å². The highest BCUT2D eigenvalue weighted by Gasteiger charge is 2.10. The summed E-state index contributed by atoms with van der Waals surface area (Å²) in [6.07, 6.45) is 0. The molecule has 0 spiro atoms. The molecule has 0 unspecified atom stereocenters. The summed E-state index contributed by atoms with van der Waals surface area (Å²) in [5.41, 5.74) is 4.93. The summed E-state index contributed by atoms with van der Waals surface area (Å²) in [5.74, 6) is -0.0705. The normalized spacial score (nSPS) is 10.3. The number of aryl methyl sites for hydroxylation is 1. The van der Waals surface area contributed by atoms with E-state index in [0.717, 1.165) is 21.8 Å². The number of rotatable bonds is 4. The van der Waals surface area contributed by atoms with E-state index in [0.29, 0.717) is 12.1 Å². The molecule has 0 heterocycles. The predicted octanol–water partition coefficient (Wildman–Crippen LogP) is 3.93. The molecule has 4 heteroatoms. The largest absolute Gasteiger partial charge is 0.381 e. The Bertz CT molecular complexity index is 668. The van der Waals surface area contributed by atoms with Gasteiger partial charge in [0.25, 0.3) is 5.91 Å². The molecule has 0 bridgehead atoms. The minimum Gasteiger partial charge on any atom is -0.381 e. The van der Waals surface area contributed by atoms with Crippen molar-refractivity contribution in [2.75, 3.05) is 12.4 Å². The summed E-state index contributed by atoms with van der Waals surface area (Å²) in [7, 11) is 1.64. The van der Waals surface area contributed by atoms with Crippen molar-refractivity contribution in [1.82, 2.24) is 5.32 Å². The smallest absolute Gasteiger partial charge is 0.251 e. The molecule has 110 valence electrons.